The van der Waals surface area contributed by atoms with Gasteiger partial charge in [0.2, 0.25) is 0 Å². The zero-order chi connectivity index (χ0) is 20.4. The first-order valence-corrected chi connectivity index (χ1v) is 8.79. The highest BCUT2D eigenvalue weighted by molar-refractivity contribution is 5.53. The molecule has 1 aliphatic rings. The number of anilines is 1. The third-order valence-electron chi connectivity index (χ3n) is 4.48. The standard InChI is InChI=1S/C18H23F7N2/c1-12(2)16-13(9-26-5-3-4-6-26)7-14(8-15(16)19)27(10-17(20,21)22)11-18(23,24)25/h7-8,12H,3-6,9-11H2,1-2H3. The van der Waals surface area contributed by atoms with Crippen LogP contribution < -0.4 is 4.90 Å². The number of alkyl halides is 6. The van der Waals surface area contributed by atoms with Gasteiger partial charge in [0.25, 0.3) is 0 Å². The zero-order valence-corrected chi connectivity index (χ0v) is 15.2. The lowest BCUT2D eigenvalue weighted by atomic mass is 9.95. The van der Waals surface area contributed by atoms with Gasteiger partial charge in [-0.25, -0.2) is 4.39 Å². The van der Waals surface area contributed by atoms with Gasteiger partial charge < -0.3 is 4.90 Å². The molecule has 0 amide bonds. The maximum Gasteiger partial charge on any atom is 0.405 e. The lowest BCUT2D eigenvalue weighted by Gasteiger charge is -2.29. The van der Waals surface area contributed by atoms with Crippen LogP contribution in [0.15, 0.2) is 12.1 Å². The Morgan fingerprint density at radius 2 is 1.48 bits per heavy atom. The van der Waals surface area contributed by atoms with Crippen LogP contribution in [0.2, 0.25) is 0 Å². The first kappa shape index (κ1) is 21.8. The van der Waals surface area contributed by atoms with Crippen molar-refractivity contribution in [1.29, 1.82) is 0 Å². The lowest BCUT2D eigenvalue weighted by Crippen LogP contribution is -2.41. The molecule has 0 saturated carbocycles. The monoisotopic (exact) mass is 400 g/mol. The Hall–Kier alpha value is -1.51. The van der Waals surface area contributed by atoms with Gasteiger partial charge in [-0.05, 0) is 55.1 Å². The molecule has 27 heavy (non-hydrogen) atoms. The number of nitrogens with zero attached hydrogens (tertiary/aromatic N) is 2. The Morgan fingerprint density at radius 3 is 1.93 bits per heavy atom. The van der Waals surface area contributed by atoms with E-state index < -0.39 is 36.9 Å². The van der Waals surface area contributed by atoms with Crippen LogP contribution in [0, 0.1) is 5.82 Å². The zero-order valence-electron chi connectivity index (χ0n) is 15.2. The Kier molecular flexibility index (Phi) is 6.65. The van der Waals surface area contributed by atoms with Crippen molar-refractivity contribution in [2.45, 2.75) is 51.5 Å². The molecule has 154 valence electrons. The summed E-state index contributed by atoms with van der Waals surface area (Å²) in [6, 6.07) is 2.05. The molecular weight excluding hydrogens is 377 g/mol. The Bertz CT molecular complexity index is 616. The Labute approximate surface area is 153 Å². The molecule has 1 aromatic rings. The molecule has 0 aliphatic carbocycles. The number of hydrogen-bond donors (Lipinski definition) is 0. The molecule has 1 saturated heterocycles. The third-order valence-corrected chi connectivity index (χ3v) is 4.48. The van der Waals surface area contributed by atoms with Gasteiger partial charge in [0.15, 0.2) is 0 Å². The summed E-state index contributed by atoms with van der Waals surface area (Å²) >= 11 is 0. The summed E-state index contributed by atoms with van der Waals surface area (Å²) < 4.78 is 91.4. The highest BCUT2D eigenvalue weighted by Crippen LogP contribution is 2.33. The largest absolute Gasteiger partial charge is 0.405 e. The topological polar surface area (TPSA) is 6.48 Å². The average Bonchev–Trinajstić information content (AvgIpc) is 2.95. The second kappa shape index (κ2) is 8.24. The Morgan fingerprint density at radius 1 is 0.963 bits per heavy atom. The van der Waals surface area contributed by atoms with Gasteiger partial charge in [-0.2, -0.15) is 26.3 Å². The van der Waals surface area contributed by atoms with E-state index >= 15 is 0 Å². The minimum Gasteiger partial charge on any atom is -0.353 e. The van der Waals surface area contributed by atoms with Crippen molar-refractivity contribution in [2.75, 3.05) is 31.1 Å². The summed E-state index contributed by atoms with van der Waals surface area (Å²) in [4.78, 5) is 2.17. The molecule has 1 aliphatic heterocycles. The molecule has 0 spiro atoms. The van der Waals surface area contributed by atoms with Crippen LogP contribution in [-0.4, -0.2) is 43.4 Å². The molecule has 9 heteroatoms. The summed E-state index contributed by atoms with van der Waals surface area (Å²) in [6.45, 7) is 1.76. The van der Waals surface area contributed by atoms with Crippen LogP contribution in [0.4, 0.5) is 36.4 Å². The molecule has 0 aromatic heterocycles. The first-order valence-electron chi connectivity index (χ1n) is 8.79. The smallest absolute Gasteiger partial charge is 0.353 e. The van der Waals surface area contributed by atoms with Gasteiger partial charge in [-0.3, -0.25) is 4.90 Å². The van der Waals surface area contributed by atoms with E-state index in [2.05, 4.69) is 0 Å². The van der Waals surface area contributed by atoms with Gasteiger partial charge in [-0.15, -0.1) is 0 Å². The number of benzene rings is 1. The normalized spacial score (nSPS) is 16.4. The van der Waals surface area contributed by atoms with E-state index in [9.17, 15) is 30.7 Å². The van der Waals surface area contributed by atoms with Crippen molar-refractivity contribution < 1.29 is 30.7 Å². The lowest BCUT2D eigenvalue weighted by molar-refractivity contribution is -0.137. The quantitative estimate of drug-likeness (QED) is 0.584. The van der Waals surface area contributed by atoms with Crippen LogP contribution in [0.1, 0.15) is 43.7 Å². The van der Waals surface area contributed by atoms with E-state index in [1.54, 1.807) is 13.8 Å². The van der Waals surface area contributed by atoms with Crippen molar-refractivity contribution in [3.8, 4) is 0 Å². The summed E-state index contributed by atoms with van der Waals surface area (Å²) in [5.41, 5.74) is 0.376. The fourth-order valence-electron chi connectivity index (χ4n) is 3.47. The molecule has 0 atom stereocenters. The third kappa shape index (κ3) is 6.55. The second-order valence-electron chi connectivity index (χ2n) is 7.22. The predicted molar refractivity (Wildman–Crippen MR) is 89.3 cm³/mol. The Balaban J connectivity index is 2.44. The fourth-order valence-corrected chi connectivity index (χ4v) is 3.47. The maximum absolute atomic E-state index is 14.7. The van der Waals surface area contributed by atoms with E-state index in [1.165, 1.54) is 6.07 Å². The molecule has 0 radical (unpaired) electrons. The molecule has 2 rings (SSSR count). The minimum absolute atomic E-state index is 0.140. The van der Waals surface area contributed by atoms with Crippen molar-refractivity contribution in [3.05, 3.63) is 29.1 Å². The summed E-state index contributed by atoms with van der Waals surface area (Å²) in [6.07, 6.45) is -7.75. The molecule has 1 heterocycles. The van der Waals surface area contributed by atoms with E-state index in [4.69, 9.17) is 0 Å². The second-order valence-corrected chi connectivity index (χ2v) is 7.22. The molecule has 1 fully saturated rings. The fraction of sp³-hybridized carbons (Fsp3) is 0.667. The molecule has 0 unspecified atom stereocenters. The van der Waals surface area contributed by atoms with E-state index in [0.29, 0.717) is 17.7 Å². The van der Waals surface area contributed by atoms with Crippen LogP contribution in [0.3, 0.4) is 0 Å². The van der Waals surface area contributed by atoms with Gasteiger partial charge >= 0.3 is 12.4 Å². The van der Waals surface area contributed by atoms with Gasteiger partial charge in [0, 0.05) is 12.2 Å². The van der Waals surface area contributed by atoms with Gasteiger partial charge in [0.1, 0.15) is 18.9 Å². The van der Waals surface area contributed by atoms with Crippen LogP contribution in [0.25, 0.3) is 0 Å². The van der Waals surface area contributed by atoms with E-state index in [-0.39, 0.29) is 10.8 Å². The number of halogens is 7. The van der Waals surface area contributed by atoms with Crippen LogP contribution in [-0.2, 0) is 6.54 Å². The molecule has 1 aromatic carbocycles. The van der Waals surface area contributed by atoms with E-state index in [0.717, 1.165) is 32.0 Å². The molecular formula is C18H23F7N2. The molecule has 0 N–H and O–H groups in total. The van der Waals surface area contributed by atoms with Crippen LogP contribution >= 0.6 is 0 Å². The molecule has 2 nitrogen and oxygen atoms in total. The van der Waals surface area contributed by atoms with Crippen molar-refractivity contribution >= 4 is 5.69 Å². The van der Waals surface area contributed by atoms with Crippen molar-refractivity contribution in [1.82, 2.24) is 4.90 Å². The average molecular weight is 400 g/mol. The summed E-state index contributed by atoms with van der Waals surface area (Å²) in [7, 11) is 0. The highest BCUT2D eigenvalue weighted by atomic mass is 19.4. The van der Waals surface area contributed by atoms with E-state index in [1.807, 2.05) is 4.90 Å². The first-order chi connectivity index (χ1) is 12.4. The number of hydrogen-bond acceptors (Lipinski definition) is 2. The van der Waals surface area contributed by atoms with Crippen LogP contribution in [0.5, 0.6) is 0 Å². The SMILES string of the molecule is CC(C)c1c(F)cc(N(CC(F)(F)F)CC(F)(F)F)cc1CN1CCCC1. The summed E-state index contributed by atoms with van der Waals surface area (Å²) in [5, 5.41) is 0. The summed E-state index contributed by atoms with van der Waals surface area (Å²) in [5.74, 6) is -1.01. The number of likely N-dealkylation sites (tertiary alicyclic amines) is 1. The van der Waals surface area contributed by atoms with Gasteiger partial charge in [-0.1, -0.05) is 13.8 Å². The van der Waals surface area contributed by atoms with Gasteiger partial charge in [0.05, 0.1) is 0 Å². The minimum atomic E-state index is -4.84. The predicted octanol–water partition coefficient (Wildman–Crippen LogP) is 5.48. The maximum atomic E-state index is 14.7. The number of rotatable bonds is 6. The highest BCUT2D eigenvalue weighted by Gasteiger charge is 2.38. The van der Waals surface area contributed by atoms with Crippen molar-refractivity contribution in [2.24, 2.45) is 0 Å². The molecule has 0 bridgehead atoms. The van der Waals surface area contributed by atoms with Crippen molar-refractivity contribution in [3.63, 3.8) is 0 Å².